The van der Waals surface area contributed by atoms with E-state index in [1.54, 1.807) is 0 Å². The second kappa shape index (κ2) is 6.57. The summed E-state index contributed by atoms with van der Waals surface area (Å²) >= 11 is 0. The van der Waals surface area contributed by atoms with E-state index in [1.165, 1.54) is 29.1 Å². The van der Waals surface area contributed by atoms with Crippen molar-refractivity contribution < 1.29 is 9.90 Å². The Bertz CT molecular complexity index is 1150. The number of hydrogen-bond acceptors (Lipinski definition) is 4. The van der Waals surface area contributed by atoms with Crippen molar-refractivity contribution in [3.8, 4) is 22.6 Å². The van der Waals surface area contributed by atoms with Gasteiger partial charge in [-0.3, -0.25) is 9.59 Å². The van der Waals surface area contributed by atoms with E-state index in [0.717, 1.165) is 17.5 Å². The van der Waals surface area contributed by atoms with Crippen LogP contribution in [0.5, 0.6) is 5.75 Å². The number of hydrogen-bond donors (Lipinski definition) is 2. The molecular weight excluding hydrogens is 342 g/mol. The number of carbonyl (C=O) groups is 1. The second-order valence-electron chi connectivity index (χ2n) is 6.25. The molecule has 134 valence electrons. The highest BCUT2D eigenvalue weighted by Crippen LogP contribution is 2.30. The summed E-state index contributed by atoms with van der Waals surface area (Å²) in [5.41, 5.74) is 3.80. The van der Waals surface area contributed by atoms with Crippen LogP contribution in [-0.2, 0) is 6.42 Å². The van der Waals surface area contributed by atoms with Gasteiger partial charge in [0, 0.05) is 12.6 Å². The van der Waals surface area contributed by atoms with Crippen molar-refractivity contribution >= 4 is 12.0 Å². The van der Waals surface area contributed by atoms with Gasteiger partial charge in [0.25, 0.3) is 11.3 Å². The molecule has 2 aromatic carbocycles. The normalized spacial score (nSPS) is 12.0. The van der Waals surface area contributed by atoms with Gasteiger partial charge in [0.2, 0.25) is 0 Å². The monoisotopic (exact) mass is 359 g/mol. The molecule has 0 spiro atoms. The first-order valence-corrected chi connectivity index (χ1v) is 8.53. The minimum absolute atomic E-state index is 0.357. The third-order valence-corrected chi connectivity index (χ3v) is 4.59. The molecule has 1 amide bonds. The summed E-state index contributed by atoms with van der Waals surface area (Å²) in [7, 11) is 1.41. The zero-order valence-corrected chi connectivity index (χ0v) is 14.6. The van der Waals surface area contributed by atoms with Crippen molar-refractivity contribution in [2.45, 2.75) is 6.42 Å². The molecule has 27 heavy (non-hydrogen) atoms. The van der Waals surface area contributed by atoms with Crippen molar-refractivity contribution in [1.82, 2.24) is 15.1 Å². The zero-order chi connectivity index (χ0) is 19.0. The van der Waals surface area contributed by atoms with Crippen LogP contribution in [0.4, 0.5) is 0 Å². The predicted octanol–water partition coefficient (Wildman–Crippen LogP) is 2.53. The zero-order valence-electron chi connectivity index (χ0n) is 14.6. The fraction of sp³-hybridized carbons (Fsp3) is 0.0952. The summed E-state index contributed by atoms with van der Waals surface area (Å²) in [6.07, 6.45) is 6.37. The molecule has 0 saturated carbocycles. The molecule has 1 aromatic heterocycles. The maximum Gasteiger partial charge on any atom is 0.275 e. The molecule has 6 heteroatoms. The highest BCUT2D eigenvalue weighted by Gasteiger charge is 2.17. The largest absolute Gasteiger partial charge is 0.503 e. The Morgan fingerprint density at radius 3 is 2.85 bits per heavy atom. The van der Waals surface area contributed by atoms with E-state index in [2.05, 4.69) is 34.7 Å². The summed E-state index contributed by atoms with van der Waals surface area (Å²) in [6.45, 7) is 0. The second-order valence-corrected chi connectivity index (χ2v) is 6.25. The van der Waals surface area contributed by atoms with E-state index in [-0.39, 0.29) is 5.69 Å². The molecule has 0 fully saturated rings. The molecule has 2 N–H and O–H groups in total. The van der Waals surface area contributed by atoms with E-state index in [0.29, 0.717) is 5.69 Å². The third-order valence-electron chi connectivity index (χ3n) is 4.59. The van der Waals surface area contributed by atoms with Crippen LogP contribution in [0.3, 0.4) is 0 Å². The van der Waals surface area contributed by atoms with Gasteiger partial charge in [0.05, 0.1) is 11.9 Å². The summed E-state index contributed by atoms with van der Waals surface area (Å²) < 4.78 is 1.36. The van der Waals surface area contributed by atoms with Crippen molar-refractivity contribution in [2.75, 3.05) is 7.05 Å². The van der Waals surface area contributed by atoms with E-state index < -0.39 is 17.1 Å². The van der Waals surface area contributed by atoms with Gasteiger partial charge in [0.15, 0.2) is 11.4 Å². The SMILES string of the molecule is CNC(=O)c1nn(-c2ccccc2-c2ccc3c(c2)C=CC3)cc(O)c1=O. The average Bonchev–Trinajstić information content (AvgIpc) is 3.17. The minimum atomic E-state index is -0.800. The Labute approximate surface area is 155 Å². The van der Waals surface area contributed by atoms with Gasteiger partial charge in [-0.05, 0) is 35.2 Å². The fourth-order valence-electron chi connectivity index (χ4n) is 3.20. The van der Waals surface area contributed by atoms with E-state index >= 15 is 0 Å². The van der Waals surface area contributed by atoms with E-state index in [9.17, 15) is 14.7 Å². The van der Waals surface area contributed by atoms with Crippen LogP contribution < -0.4 is 10.7 Å². The number of benzene rings is 2. The lowest BCUT2D eigenvalue weighted by atomic mass is 9.99. The number of aromatic hydroxyl groups is 1. The molecule has 6 nitrogen and oxygen atoms in total. The highest BCUT2D eigenvalue weighted by atomic mass is 16.3. The molecule has 0 saturated heterocycles. The molecular formula is C21H17N3O3. The molecule has 0 radical (unpaired) electrons. The van der Waals surface area contributed by atoms with Crippen LogP contribution >= 0.6 is 0 Å². The lowest BCUT2D eigenvalue weighted by Gasteiger charge is -2.14. The van der Waals surface area contributed by atoms with Crippen molar-refractivity contribution in [3.05, 3.63) is 81.8 Å². The number of amides is 1. The van der Waals surface area contributed by atoms with Crippen LogP contribution in [0, 0.1) is 0 Å². The fourth-order valence-corrected chi connectivity index (χ4v) is 3.20. The highest BCUT2D eigenvalue weighted by molar-refractivity contribution is 5.92. The van der Waals surface area contributed by atoms with Crippen LogP contribution in [-0.4, -0.2) is 27.8 Å². The first-order valence-electron chi connectivity index (χ1n) is 8.53. The molecule has 1 aliphatic rings. The third kappa shape index (κ3) is 2.91. The first-order chi connectivity index (χ1) is 13.1. The van der Waals surface area contributed by atoms with Crippen molar-refractivity contribution in [3.63, 3.8) is 0 Å². The van der Waals surface area contributed by atoms with Gasteiger partial charge in [-0.1, -0.05) is 42.5 Å². The first kappa shape index (κ1) is 16.8. The van der Waals surface area contributed by atoms with Gasteiger partial charge in [-0.2, -0.15) is 5.10 Å². The van der Waals surface area contributed by atoms with Gasteiger partial charge in [-0.25, -0.2) is 4.68 Å². The number of carbonyl (C=O) groups excluding carboxylic acids is 1. The number of fused-ring (bicyclic) bond motifs is 1. The molecule has 3 aromatic rings. The Hall–Kier alpha value is -3.67. The molecule has 0 aliphatic heterocycles. The summed E-state index contributed by atoms with van der Waals surface area (Å²) in [5.74, 6) is -1.18. The summed E-state index contributed by atoms with van der Waals surface area (Å²) in [6, 6.07) is 13.7. The lowest BCUT2D eigenvalue weighted by molar-refractivity contribution is 0.0954. The number of para-hydroxylation sites is 1. The Balaban J connectivity index is 1.90. The summed E-state index contributed by atoms with van der Waals surface area (Å²) in [4.78, 5) is 24.0. The minimum Gasteiger partial charge on any atom is -0.503 e. The van der Waals surface area contributed by atoms with Gasteiger partial charge in [-0.15, -0.1) is 0 Å². The quantitative estimate of drug-likeness (QED) is 0.753. The standard InChI is InChI=1S/C21H17N3O3/c1-22-21(27)19-20(26)18(25)12-24(23-19)17-8-3-2-7-16(17)15-10-9-13-5-4-6-14(13)11-15/h2-4,6-12,25H,5H2,1H3,(H,22,27). The smallest absolute Gasteiger partial charge is 0.275 e. The molecule has 1 heterocycles. The Kier molecular flexibility index (Phi) is 4.08. The van der Waals surface area contributed by atoms with Crippen LogP contribution in [0.15, 0.2) is 59.5 Å². The maximum atomic E-state index is 12.0. The molecule has 1 aliphatic carbocycles. The van der Waals surface area contributed by atoms with Crippen molar-refractivity contribution in [1.29, 1.82) is 0 Å². The number of rotatable bonds is 3. The van der Waals surface area contributed by atoms with Crippen LogP contribution in [0.2, 0.25) is 0 Å². The average molecular weight is 359 g/mol. The molecule has 0 bridgehead atoms. The molecule has 0 atom stereocenters. The molecule has 4 rings (SSSR count). The Morgan fingerprint density at radius 2 is 2.04 bits per heavy atom. The molecule has 0 unspecified atom stereocenters. The summed E-state index contributed by atoms with van der Waals surface area (Å²) in [5, 5.41) is 16.5. The van der Waals surface area contributed by atoms with E-state index in [4.69, 9.17) is 0 Å². The number of allylic oxidation sites excluding steroid dienone is 1. The number of nitrogens with zero attached hydrogens (tertiary/aromatic N) is 2. The topological polar surface area (TPSA) is 84.2 Å². The number of nitrogens with one attached hydrogen (secondary N) is 1. The van der Waals surface area contributed by atoms with Crippen LogP contribution in [0.1, 0.15) is 21.6 Å². The van der Waals surface area contributed by atoms with Gasteiger partial charge in [0.1, 0.15) is 0 Å². The predicted molar refractivity (Wildman–Crippen MR) is 103 cm³/mol. The van der Waals surface area contributed by atoms with E-state index in [1.807, 2.05) is 30.3 Å². The van der Waals surface area contributed by atoms with Gasteiger partial charge >= 0.3 is 0 Å². The van der Waals surface area contributed by atoms with Gasteiger partial charge < -0.3 is 10.4 Å². The number of aromatic nitrogens is 2. The van der Waals surface area contributed by atoms with Crippen LogP contribution in [0.25, 0.3) is 22.9 Å². The lowest BCUT2D eigenvalue weighted by Crippen LogP contribution is -2.29. The van der Waals surface area contributed by atoms with Crippen molar-refractivity contribution in [2.24, 2.45) is 0 Å². The Morgan fingerprint density at radius 1 is 1.22 bits per heavy atom. The maximum absolute atomic E-state index is 12.0.